The molecule has 0 aliphatic rings. The van der Waals surface area contributed by atoms with E-state index in [-0.39, 0.29) is 13.0 Å². The predicted molar refractivity (Wildman–Crippen MR) is 99.5 cm³/mol. The SMILES string of the molecule is CCOc1ccc(NC(=O)COC(=O)CCc2nc3ccccc3o2)cc1. The first-order chi connectivity index (χ1) is 13.1. The molecule has 7 heteroatoms. The van der Waals surface area contributed by atoms with Crippen LogP contribution < -0.4 is 10.1 Å². The zero-order valence-electron chi connectivity index (χ0n) is 14.9. The fraction of sp³-hybridized carbons (Fsp3) is 0.250. The summed E-state index contributed by atoms with van der Waals surface area (Å²) in [5, 5.41) is 2.66. The second-order valence-corrected chi connectivity index (χ2v) is 5.74. The highest BCUT2D eigenvalue weighted by molar-refractivity contribution is 5.92. The Balaban J connectivity index is 1.41. The van der Waals surface area contributed by atoms with Crippen molar-refractivity contribution < 1.29 is 23.5 Å². The Labute approximate surface area is 156 Å². The lowest BCUT2D eigenvalue weighted by Crippen LogP contribution is -2.21. The van der Waals surface area contributed by atoms with Crippen molar-refractivity contribution in [1.29, 1.82) is 0 Å². The summed E-state index contributed by atoms with van der Waals surface area (Å²) in [6.45, 7) is 2.12. The summed E-state index contributed by atoms with van der Waals surface area (Å²) < 4.78 is 15.9. The lowest BCUT2D eigenvalue weighted by atomic mass is 10.3. The van der Waals surface area contributed by atoms with E-state index in [1.807, 2.05) is 31.2 Å². The molecule has 2 aromatic carbocycles. The third kappa shape index (κ3) is 5.31. The number of amides is 1. The minimum Gasteiger partial charge on any atom is -0.494 e. The molecule has 1 N–H and O–H groups in total. The van der Waals surface area contributed by atoms with Crippen LogP contribution >= 0.6 is 0 Å². The van der Waals surface area contributed by atoms with E-state index in [0.29, 0.717) is 30.2 Å². The Kier molecular flexibility index (Phi) is 6.04. The molecule has 1 amide bonds. The molecule has 3 rings (SSSR count). The summed E-state index contributed by atoms with van der Waals surface area (Å²) in [5.41, 5.74) is 2.03. The van der Waals surface area contributed by atoms with E-state index in [0.717, 1.165) is 11.3 Å². The smallest absolute Gasteiger partial charge is 0.306 e. The summed E-state index contributed by atoms with van der Waals surface area (Å²) in [5.74, 6) is 0.293. The van der Waals surface area contributed by atoms with E-state index < -0.39 is 11.9 Å². The molecule has 1 heterocycles. The van der Waals surface area contributed by atoms with Gasteiger partial charge in [0.05, 0.1) is 13.0 Å². The number of oxazole rings is 1. The van der Waals surface area contributed by atoms with Gasteiger partial charge in [0.2, 0.25) is 0 Å². The van der Waals surface area contributed by atoms with E-state index in [9.17, 15) is 9.59 Å². The quantitative estimate of drug-likeness (QED) is 0.613. The first-order valence-electron chi connectivity index (χ1n) is 8.67. The van der Waals surface area contributed by atoms with Gasteiger partial charge in [-0.2, -0.15) is 0 Å². The number of esters is 1. The Hall–Kier alpha value is -3.35. The number of para-hydroxylation sites is 2. The number of hydrogen-bond donors (Lipinski definition) is 1. The number of fused-ring (bicyclic) bond motifs is 1. The summed E-state index contributed by atoms with van der Waals surface area (Å²) in [7, 11) is 0. The molecule has 0 fully saturated rings. The third-order valence-electron chi connectivity index (χ3n) is 3.69. The van der Waals surface area contributed by atoms with Gasteiger partial charge in [0.1, 0.15) is 11.3 Å². The zero-order valence-corrected chi connectivity index (χ0v) is 14.9. The van der Waals surface area contributed by atoms with Gasteiger partial charge in [-0.3, -0.25) is 9.59 Å². The van der Waals surface area contributed by atoms with Crippen LogP contribution in [-0.2, 0) is 20.7 Å². The maximum absolute atomic E-state index is 11.9. The summed E-state index contributed by atoms with van der Waals surface area (Å²) in [6.07, 6.45) is 0.400. The van der Waals surface area contributed by atoms with Gasteiger partial charge in [0, 0.05) is 12.1 Å². The summed E-state index contributed by atoms with van der Waals surface area (Å²) in [4.78, 5) is 28.0. The van der Waals surface area contributed by atoms with Gasteiger partial charge in [-0.05, 0) is 43.3 Å². The van der Waals surface area contributed by atoms with Crippen LogP contribution in [0.1, 0.15) is 19.2 Å². The number of nitrogens with one attached hydrogen (secondary N) is 1. The normalized spacial score (nSPS) is 10.6. The van der Waals surface area contributed by atoms with E-state index in [4.69, 9.17) is 13.9 Å². The molecule has 140 valence electrons. The largest absolute Gasteiger partial charge is 0.494 e. The van der Waals surface area contributed by atoms with Gasteiger partial charge < -0.3 is 19.2 Å². The minimum atomic E-state index is -0.487. The summed E-state index contributed by atoms with van der Waals surface area (Å²) in [6, 6.07) is 14.3. The molecule has 27 heavy (non-hydrogen) atoms. The Morgan fingerprint density at radius 3 is 2.63 bits per heavy atom. The van der Waals surface area contributed by atoms with Crippen LogP contribution in [0, 0.1) is 0 Å². The van der Waals surface area contributed by atoms with E-state index in [1.165, 1.54) is 0 Å². The molecule has 0 aliphatic carbocycles. The molecule has 0 unspecified atom stereocenters. The Bertz CT molecular complexity index is 885. The van der Waals surface area contributed by atoms with E-state index in [1.54, 1.807) is 24.3 Å². The van der Waals surface area contributed by atoms with Gasteiger partial charge >= 0.3 is 5.97 Å². The van der Waals surface area contributed by atoms with Crippen molar-refractivity contribution in [3.05, 3.63) is 54.4 Å². The van der Waals surface area contributed by atoms with E-state index in [2.05, 4.69) is 10.3 Å². The molecule has 0 atom stereocenters. The predicted octanol–water partition coefficient (Wildman–Crippen LogP) is 3.34. The number of carbonyl (C=O) groups excluding carboxylic acids is 2. The number of aryl methyl sites for hydroxylation is 1. The van der Waals surface area contributed by atoms with Gasteiger partial charge in [0.15, 0.2) is 18.1 Å². The highest BCUT2D eigenvalue weighted by atomic mass is 16.5. The van der Waals surface area contributed by atoms with Crippen LogP contribution in [0.15, 0.2) is 52.9 Å². The maximum Gasteiger partial charge on any atom is 0.306 e. The van der Waals surface area contributed by atoms with Crippen molar-refractivity contribution in [3.63, 3.8) is 0 Å². The van der Waals surface area contributed by atoms with Crippen molar-refractivity contribution in [2.75, 3.05) is 18.5 Å². The molecule has 1 aromatic heterocycles. The van der Waals surface area contributed by atoms with Crippen LogP contribution in [0.5, 0.6) is 5.75 Å². The maximum atomic E-state index is 11.9. The fourth-order valence-corrected chi connectivity index (χ4v) is 2.45. The van der Waals surface area contributed by atoms with Crippen molar-refractivity contribution in [2.45, 2.75) is 19.8 Å². The minimum absolute atomic E-state index is 0.0865. The van der Waals surface area contributed by atoms with Crippen molar-refractivity contribution in [2.24, 2.45) is 0 Å². The molecule has 0 bridgehead atoms. The molecule has 0 saturated heterocycles. The zero-order chi connectivity index (χ0) is 19.1. The second-order valence-electron chi connectivity index (χ2n) is 5.74. The molecule has 7 nitrogen and oxygen atoms in total. The number of benzene rings is 2. The molecule has 0 spiro atoms. The van der Waals surface area contributed by atoms with Crippen molar-refractivity contribution >= 4 is 28.7 Å². The van der Waals surface area contributed by atoms with Crippen LogP contribution in [-0.4, -0.2) is 30.1 Å². The lowest BCUT2D eigenvalue weighted by Gasteiger charge is -2.07. The topological polar surface area (TPSA) is 90.7 Å². The third-order valence-corrected chi connectivity index (χ3v) is 3.69. The standard InChI is InChI=1S/C20H20N2O5/c1-2-25-15-9-7-14(8-10-15)21-18(23)13-26-20(24)12-11-19-22-16-5-3-4-6-17(16)27-19/h3-10H,2,11-13H2,1H3,(H,21,23). The van der Waals surface area contributed by atoms with Crippen LogP contribution in [0.3, 0.4) is 0 Å². The molecule has 0 aliphatic heterocycles. The van der Waals surface area contributed by atoms with Gasteiger partial charge in [-0.25, -0.2) is 4.98 Å². The molecular formula is C20H20N2O5. The highest BCUT2D eigenvalue weighted by Crippen LogP contribution is 2.16. The first kappa shape index (κ1) is 18.4. The second kappa shape index (κ2) is 8.84. The fourth-order valence-electron chi connectivity index (χ4n) is 2.45. The first-order valence-corrected chi connectivity index (χ1v) is 8.67. The van der Waals surface area contributed by atoms with Crippen molar-refractivity contribution in [3.8, 4) is 5.75 Å². The average molecular weight is 368 g/mol. The number of ether oxygens (including phenoxy) is 2. The Morgan fingerprint density at radius 2 is 1.89 bits per heavy atom. The number of nitrogens with zero attached hydrogens (tertiary/aromatic N) is 1. The summed E-state index contributed by atoms with van der Waals surface area (Å²) >= 11 is 0. The number of aromatic nitrogens is 1. The monoisotopic (exact) mass is 368 g/mol. The van der Waals surface area contributed by atoms with E-state index >= 15 is 0 Å². The van der Waals surface area contributed by atoms with Crippen LogP contribution in [0.2, 0.25) is 0 Å². The highest BCUT2D eigenvalue weighted by Gasteiger charge is 2.11. The van der Waals surface area contributed by atoms with Crippen molar-refractivity contribution in [1.82, 2.24) is 4.98 Å². The van der Waals surface area contributed by atoms with Gasteiger partial charge in [-0.1, -0.05) is 12.1 Å². The van der Waals surface area contributed by atoms with Crippen LogP contribution in [0.4, 0.5) is 5.69 Å². The van der Waals surface area contributed by atoms with Gasteiger partial charge in [-0.15, -0.1) is 0 Å². The number of rotatable bonds is 8. The Morgan fingerprint density at radius 1 is 1.11 bits per heavy atom. The lowest BCUT2D eigenvalue weighted by molar-refractivity contribution is -0.147. The number of carbonyl (C=O) groups is 2. The molecule has 0 saturated carbocycles. The molecular weight excluding hydrogens is 348 g/mol. The number of anilines is 1. The van der Waals surface area contributed by atoms with Gasteiger partial charge in [0.25, 0.3) is 5.91 Å². The average Bonchev–Trinajstić information content (AvgIpc) is 3.09. The van der Waals surface area contributed by atoms with Crippen LogP contribution in [0.25, 0.3) is 11.1 Å². The molecule has 0 radical (unpaired) electrons. The number of hydrogen-bond acceptors (Lipinski definition) is 6. The molecule has 3 aromatic rings.